The second-order valence-corrected chi connectivity index (χ2v) is 5.76. The van der Waals surface area contributed by atoms with Crippen LogP contribution in [0, 0.1) is 5.82 Å². The van der Waals surface area contributed by atoms with Crippen LogP contribution in [0.25, 0.3) is 0 Å². The summed E-state index contributed by atoms with van der Waals surface area (Å²) in [5, 5.41) is 4.30. The summed E-state index contributed by atoms with van der Waals surface area (Å²) in [4.78, 5) is 0. The van der Waals surface area contributed by atoms with E-state index in [1.165, 1.54) is 11.6 Å². The Balaban J connectivity index is 2.06. The molecule has 0 amide bonds. The molecule has 0 aliphatic heterocycles. The summed E-state index contributed by atoms with van der Waals surface area (Å²) in [7, 11) is 0. The predicted molar refractivity (Wildman–Crippen MR) is 87.3 cm³/mol. The first-order valence-electron chi connectivity index (χ1n) is 7.39. The molecule has 112 valence electrons. The molecule has 21 heavy (non-hydrogen) atoms. The van der Waals surface area contributed by atoms with E-state index in [2.05, 4.69) is 18.3 Å². The fraction of sp³-hybridized carbons (Fsp3) is 0.333. The molecular weight excluding hydrogens is 285 g/mol. The maximum atomic E-state index is 13.3. The number of nitrogens with one attached hydrogen (secondary N) is 1. The zero-order valence-electron chi connectivity index (χ0n) is 12.3. The molecule has 2 aromatic rings. The minimum absolute atomic E-state index is 0.176. The van der Waals surface area contributed by atoms with Crippen molar-refractivity contribution in [1.29, 1.82) is 0 Å². The van der Waals surface area contributed by atoms with E-state index in [0.29, 0.717) is 0 Å². The van der Waals surface area contributed by atoms with Gasteiger partial charge in [-0.1, -0.05) is 42.8 Å². The standard InChI is InChI=1S/C18H21ClFN/c1-2-9-21-18(12-14-5-3-7-16(19)10-14)13-15-6-4-8-17(20)11-15/h3-8,10-11,18,21H,2,9,12-13H2,1H3. The molecule has 1 atom stereocenters. The molecule has 1 nitrogen and oxygen atoms in total. The molecule has 0 fully saturated rings. The van der Waals surface area contributed by atoms with Crippen molar-refractivity contribution in [3.63, 3.8) is 0 Å². The molecule has 0 aliphatic carbocycles. The summed E-state index contributed by atoms with van der Waals surface area (Å²) in [5.41, 5.74) is 2.22. The number of benzene rings is 2. The SMILES string of the molecule is CCCNC(Cc1cccc(F)c1)Cc1cccc(Cl)c1. The molecule has 3 heteroatoms. The van der Waals surface area contributed by atoms with Crippen LogP contribution in [-0.2, 0) is 12.8 Å². The predicted octanol–water partition coefficient (Wildman–Crippen LogP) is 4.63. The van der Waals surface area contributed by atoms with Crippen molar-refractivity contribution in [2.45, 2.75) is 32.2 Å². The van der Waals surface area contributed by atoms with Gasteiger partial charge in [0, 0.05) is 11.1 Å². The Morgan fingerprint density at radius 2 is 1.71 bits per heavy atom. The van der Waals surface area contributed by atoms with Crippen LogP contribution < -0.4 is 5.32 Å². The highest BCUT2D eigenvalue weighted by Crippen LogP contribution is 2.15. The maximum absolute atomic E-state index is 13.3. The highest BCUT2D eigenvalue weighted by molar-refractivity contribution is 6.30. The van der Waals surface area contributed by atoms with E-state index in [1.807, 2.05) is 24.3 Å². The molecule has 0 radical (unpaired) electrons. The van der Waals surface area contributed by atoms with Gasteiger partial charge in [0.25, 0.3) is 0 Å². The molecule has 0 aliphatic rings. The zero-order valence-corrected chi connectivity index (χ0v) is 13.0. The van der Waals surface area contributed by atoms with Crippen molar-refractivity contribution >= 4 is 11.6 Å². The Morgan fingerprint density at radius 3 is 2.33 bits per heavy atom. The maximum Gasteiger partial charge on any atom is 0.123 e. The van der Waals surface area contributed by atoms with E-state index >= 15 is 0 Å². The lowest BCUT2D eigenvalue weighted by Crippen LogP contribution is -2.33. The van der Waals surface area contributed by atoms with Crippen molar-refractivity contribution in [2.75, 3.05) is 6.54 Å². The van der Waals surface area contributed by atoms with Crippen LogP contribution in [-0.4, -0.2) is 12.6 Å². The first-order chi connectivity index (χ1) is 10.2. The Hall–Kier alpha value is -1.38. The number of hydrogen-bond donors (Lipinski definition) is 1. The molecule has 0 saturated heterocycles. The summed E-state index contributed by atoms with van der Waals surface area (Å²) in [5.74, 6) is -0.176. The van der Waals surface area contributed by atoms with E-state index in [0.717, 1.165) is 36.4 Å². The van der Waals surface area contributed by atoms with Crippen LogP contribution in [0.4, 0.5) is 4.39 Å². The average molecular weight is 306 g/mol. The van der Waals surface area contributed by atoms with Gasteiger partial charge in [-0.05, 0) is 61.2 Å². The van der Waals surface area contributed by atoms with Crippen molar-refractivity contribution in [3.05, 3.63) is 70.5 Å². The fourth-order valence-corrected chi connectivity index (χ4v) is 2.67. The Bertz CT molecular complexity index is 523. The summed E-state index contributed by atoms with van der Waals surface area (Å²) in [6, 6.07) is 15.0. The van der Waals surface area contributed by atoms with Gasteiger partial charge in [0.15, 0.2) is 0 Å². The Kier molecular flexibility index (Phi) is 6.21. The molecule has 2 aromatic carbocycles. The molecule has 0 saturated carbocycles. The van der Waals surface area contributed by atoms with Crippen LogP contribution in [0.15, 0.2) is 48.5 Å². The first-order valence-corrected chi connectivity index (χ1v) is 7.77. The van der Waals surface area contributed by atoms with E-state index in [9.17, 15) is 4.39 Å². The van der Waals surface area contributed by atoms with Gasteiger partial charge in [-0.25, -0.2) is 4.39 Å². The van der Waals surface area contributed by atoms with E-state index in [4.69, 9.17) is 11.6 Å². The molecule has 1 unspecified atom stereocenters. The van der Waals surface area contributed by atoms with Gasteiger partial charge in [-0.3, -0.25) is 0 Å². The van der Waals surface area contributed by atoms with E-state index in [-0.39, 0.29) is 11.9 Å². The van der Waals surface area contributed by atoms with E-state index in [1.54, 1.807) is 12.1 Å². The molecule has 0 heterocycles. The lowest BCUT2D eigenvalue weighted by Gasteiger charge is -2.19. The van der Waals surface area contributed by atoms with Crippen molar-refractivity contribution < 1.29 is 4.39 Å². The van der Waals surface area contributed by atoms with Crippen LogP contribution in [0.5, 0.6) is 0 Å². The van der Waals surface area contributed by atoms with Gasteiger partial charge in [0.2, 0.25) is 0 Å². The highest BCUT2D eigenvalue weighted by Gasteiger charge is 2.10. The van der Waals surface area contributed by atoms with Gasteiger partial charge >= 0.3 is 0 Å². The molecular formula is C18H21ClFN. The van der Waals surface area contributed by atoms with Gasteiger partial charge < -0.3 is 5.32 Å². The lowest BCUT2D eigenvalue weighted by molar-refractivity contribution is 0.503. The zero-order chi connectivity index (χ0) is 15.1. The summed E-state index contributed by atoms with van der Waals surface area (Å²) < 4.78 is 13.3. The normalized spacial score (nSPS) is 12.3. The minimum atomic E-state index is -0.176. The largest absolute Gasteiger partial charge is 0.313 e. The van der Waals surface area contributed by atoms with Crippen LogP contribution in [0.3, 0.4) is 0 Å². The smallest absolute Gasteiger partial charge is 0.123 e. The molecule has 0 bridgehead atoms. The van der Waals surface area contributed by atoms with E-state index < -0.39 is 0 Å². The molecule has 0 spiro atoms. The van der Waals surface area contributed by atoms with Crippen molar-refractivity contribution in [2.24, 2.45) is 0 Å². The minimum Gasteiger partial charge on any atom is -0.313 e. The second kappa shape index (κ2) is 8.16. The van der Waals surface area contributed by atoms with Crippen LogP contribution in [0.2, 0.25) is 5.02 Å². The second-order valence-electron chi connectivity index (χ2n) is 5.32. The molecule has 1 N–H and O–H groups in total. The number of rotatable bonds is 7. The van der Waals surface area contributed by atoms with Crippen LogP contribution in [0.1, 0.15) is 24.5 Å². The topological polar surface area (TPSA) is 12.0 Å². The Labute approximate surface area is 131 Å². The van der Waals surface area contributed by atoms with Gasteiger partial charge in [-0.2, -0.15) is 0 Å². The average Bonchev–Trinajstić information content (AvgIpc) is 2.45. The third-order valence-electron chi connectivity index (χ3n) is 3.43. The highest BCUT2D eigenvalue weighted by atomic mass is 35.5. The third kappa shape index (κ3) is 5.49. The summed E-state index contributed by atoms with van der Waals surface area (Å²) in [6.07, 6.45) is 2.77. The Morgan fingerprint density at radius 1 is 1.05 bits per heavy atom. The third-order valence-corrected chi connectivity index (χ3v) is 3.66. The monoisotopic (exact) mass is 305 g/mol. The summed E-state index contributed by atoms with van der Waals surface area (Å²) in [6.45, 7) is 3.10. The number of hydrogen-bond acceptors (Lipinski definition) is 1. The fourth-order valence-electron chi connectivity index (χ4n) is 2.46. The van der Waals surface area contributed by atoms with Gasteiger partial charge in [-0.15, -0.1) is 0 Å². The van der Waals surface area contributed by atoms with Gasteiger partial charge in [0.1, 0.15) is 5.82 Å². The van der Waals surface area contributed by atoms with Crippen molar-refractivity contribution in [1.82, 2.24) is 5.32 Å². The quantitative estimate of drug-likeness (QED) is 0.786. The lowest BCUT2D eigenvalue weighted by atomic mass is 9.99. The summed E-state index contributed by atoms with van der Waals surface area (Å²) >= 11 is 6.04. The van der Waals surface area contributed by atoms with Crippen molar-refractivity contribution in [3.8, 4) is 0 Å². The molecule has 0 aromatic heterocycles. The first kappa shape index (κ1) is 16.0. The molecule has 2 rings (SSSR count). The van der Waals surface area contributed by atoms with Crippen LogP contribution >= 0.6 is 11.6 Å². The number of halogens is 2. The van der Waals surface area contributed by atoms with Gasteiger partial charge in [0.05, 0.1) is 0 Å².